The van der Waals surface area contributed by atoms with Crippen LogP contribution in [0.2, 0.25) is 0 Å². The van der Waals surface area contributed by atoms with Crippen LogP contribution >= 0.6 is 0 Å². The molecule has 0 aromatic heterocycles. The number of ketones is 1. The van der Waals surface area contributed by atoms with E-state index in [1.54, 1.807) is 43.5 Å². The van der Waals surface area contributed by atoms with Gasteiger partial charge in [-0.2, -0.15) is 0 Å². The van der Waals surface area contributed by atoms with Gasteiger partial charge in [-0.05, 0) is 42.8 Å². The smallest absolute Gasteiger partial charge is 0.255 e. The molecule has 0 radical (unpaired) electrons. The Bertz CT molecular complexity index is 869. The Kier molecular flexibility index (Phi) is 6.01. The molecular formula is C22H25N2O3+. The van der Waals surface area contributed by atoms with Gasteiger partial charge >= 0.3 is 0 Å². The highest BCUT2D eigenvalue weighted by Gasteiger charge is 2.22. The van der Waals surface area contributed by atoms with Gasteiger partial charge in [-0.3, -0.25) is 9.59 Å². The Labute approximate surface area is 159 Å². The Hall–Kier alpha value is -2.95. The molecule has 0 saturated heterocycles. The molecule has 5 heteroatoms. The first kappa shape index (κ1) is 18.8. The molecule has 0 unspecified atom stereocenters. The normalized spacial score (nSPS) is 14.0. The largest absolute Gasteiger partial charge is 0.497 e. The van der Waals surface area contributed by atoms with Gasteiger partial charge in [0.1, 0.15) is 19.3 Å². The van der Waals surface area contributed by atoms with Gasteiger partial charge in [-0.15, -0.1) is 0 Å². The maximum Gasteiger partial charge on any atom is 0.255 e. The lowest BCUT2D eigenvalue weighted by atomic mass is 9.98. The van der Waals surface area contributed by atoms with Gasteiger partial charge in [0.15, 0.2) is 11.5 Å². The average Bonchev–Trinajstić information content (AvgIpc) is 2.70. The van der Waals surface area contributed by atoms with Crippen molar-refractivity contribution in [1.29, 1.82) is 0 Å². The molecule has 1 heterocycles. The molecule has 5 nitrogen and oxygen atoms in total. The lowest BCUT2D eigenvalue weighted by molar-refractivity contribution is -0.503. The lowest BCUT2D eigenvalue weighted by Crippen LogP contribution is -2.26. The number of anilines is 1. The number of nitrogens with zero attached hydrogens (tertiary/aromatic N) is 1. The maximum atomic E-state index is 12.9. The van der Waals surface area contributed by atoms with Crippen LogP contribution in [0.1, 0.15) is 46.4 Å². The summed E-state index contributed by atoms with van der Waals surface area (Å²) in [6.45, 7) is 0.998. The van der Waals surface area contributed by atoms with Gasteiger partial charge in [0.2, 0.25) is 0 Å². The minimum Gasteiger partial charge on any atom is -0.497 e. The van der Waals surface area contributed by atoms with Crippen LogP contribution in [0.25, 0.3) is 0 Å². The van der Waals surface area contributed by atoms with Gasteiger partial charge in [0.05, 0.1) is 19.2 Å². The van der Waals surface area contributed by atoms with E-state index in [9.17, 15) is 9.59 Å². The molecule has 1 aliphatic heterocycles. The summed E-state index contributed by atoms with van der Waals surface area (Å²) in [4.78, 5) is 25.4. The Morgan fingerprint density at radius 3 is 2.52 bits per heavy atom. The summed E-state index contributed by atoms with van der Waals surface area (Å²) in [6, 6.07) is 14.1. The monoisotopic (exact) mass is 365 g/mol. The molecule has 0 saturated carbocycles. The lowest BCUT2D eigenvalue weighted by Gasteiger charge is -2.13. The van der Waals surface area contributed by atoms with Crippen molar-refractivity contribution < 1.29 is 18.9 Å². The van der Waals surface area contributed by atoms with Crippen molar-refractivity contribution in [1.82, 2.24) is 0 Å². The SMILES string of the molecule is COc1ccc(C(=O)Nc2ccccc2C(=O)CC2=[N+](C)CCCC2)cc1. The van der Waals surface area contributed by atoms with E-state index in [0.717, 1.165) is 19.4 Å². The number of ether oxygens (including phenoxy) is 1. The van der Waals surface area contributed by atoms with Crippen LogP contribution in [-0.2, 0) is 0 Å². The van der Waals surface area contributed by atoms with Gasteiger partial charge in [-0.1, -0.05) is 12.1 Å². The highest BCUT2D eigenvalue weighted by Crippen LogP contribution is 2.20. The van der Waals surface area contributed by atoms with Crippen molar-refractivity contribution in [3.05, 3.63) is 59.7 Å². The highest BCUT2D eigenvalue weighted by atomic mass is 16.5. The van der Waals surface area contributed by atoms with E-state index >= 15 is 0 Å². The van der Waals surface area contributed by atoms with Crippen LogP contribution < -0.4 is 10.1 Å². The highest BCUT2D eigenvalue weighted by molar-refractivity contribution is 6.14. The van der Waals surface area contributed by atoms with Crippen LogP contribution in [0.4, 0.5) is 5.69 Å². The quantitative estimate of drug-likeness (QED) is 0.626. The van der Waals surface area contributed by atoms with Crippen LogP contribution in [0, 0.1) is 0 Å². The predicted molar refractivity (Wildman–Crippen MR) is 106 cm³/mol. The summed E-state index contributed by atoms with van der Waals surface area (Å²) >= 11 is 0. The van der Waals surface area contributed by atoms with E-state index < -0.39 is 0 Å². The standard InChI is InChI=1S/C22H24N2O3/c1-24-14-6-5-7-17(24)15-21(25)19-8-3-4-9-20(19)23-22(26)16-10-12-18(27-2)13-11-16/h3-4,8-13H,5-7,14-15H2,1-2H3/p+1. The summed E-state index contributed by atoms with van der Waals surface area (Å²) in [5.41, 5.74) is 2.77. The maximum absolute atomic E-state index is 12.9. The fraction of sp³-hybridized carbons (Fsp3) is 0.318. The third-order valence-electron chi connectivity index (χ3n) is 4.94. The molecule has 1 aliphatic rings. The molecule has 3 rings (SSSR count). The van der Waals surface area contributed by atoms with E-state index in [0.29, 0.717) is 29.0 Å². The molecule has 0 atom stereocenters. The molecule has 2 aromatic rings. The molecule has 27 heavy (non-hydrogen) atoms. The minimum atomic E-state index is -0.250. The third-order valence-corrected chi connectivity index (χ3v) is 4.94. The van der Waals surface area contributed by atoms with Crippen molar-refractivity contribution in [3.8, 4) is 5.75 Å². The van der Waals surface area contributed by atoms with Crippen LogP contribution in [0.3, 0.4) is 0 Å². The summed E-state index contributed by atoms with van der Waals surface area (Å²) in [5, 5.41) is 2.87. The Morgan fingerprint density at radius 1 is 1.07 bits per heavy atom. The van der Waals surface area contributed by atoms with Crippen molar-refractivity contribution in [2.24, 2.45) is 0 Å². The number of amides is 1. The first-order valence-electron chi connectivity index (χ1n) is 9.22. The summed E-state index contributed by atoms with van der Waals surface area (Å²) in [5.74, 6) is 0.473. The first-order chi connectivity index (χ1) is 13.1. The molecule has 1 N–H and O–H groups in total. The third kappa shape index (κ3) is 4.61. The molecule has 1 amide bonds. The second-order valence-electron chi connectivity index (χ2n) is 6.77. The fourth-order valence-corrected chi connectivity index (χ4v) is 3.30. The summed E-state index contributed by atoms with van der Waals surface area (Å²) < 4.78 is 7.30. The zero-order valence-electron chi connectivity index (χ0n) is 15.8. The van der Waals surface area contributed by atoms with Crippen LogP contribution in [0.5, 0.6) is 5.75 Å². The van der Waals surface area contributed by atoms with Gasteiger partial charge in [-0.25, -0.2) is 4.58 Å². The number of para-hydroxylation sites is 1. The summed E-state index contributed by atoms with van der Waals surface area (Å²) in [7, 11) is 3.62. The van der Waals surface area contributed by atoms with Crippen molar-refractivity contribution in [2.45, 2.75) is 25.7 Å². The molecule has 0 fully saturated rings. The van der Waals surface area contributed by atoms with Crippen molar-refractivity contribution in [2.75, 3.05) is 26.0 Å². The molecule has 2 aromatic carbocycles. The van der Waals surface area contributed by atoms with Gasteiger partial charge in [0, 0.05) is 24.0 Å². The minimum absolute atomic E-state index is 0.0318. The second kappa shape index (κ2) is 8.62. The zero-order chi connectivity index (χ0) is 19.2. The number of methoxy groups -OCH3 is 1. The number of carbonyl (C=O) groups excluding carboxylic acids is 2. The molecule has 0 spiro atoms. The fourth-order valence-electron chi connectivity index (χ4n) is 3.30. The van der Waals surface area contributed by atoms with Gasteiger partial charge < -0.3 is 10.1 Å². The van der Waals surface area contributed by atoms with E-state index in [-0.39, 0.29) is 11.7 Å². The second-order valence-corrected chi connectivity index (χ2v) is 6.77. The number of rotatable bonds is 6. The van der Waals surface area contributed by atoms with Crippen molar-refractivity contribution in [3.63, 3.8) is 0 Å². The number of hydrogen-bond donors (Lipinski definition) is 1. The number of nitrogens with one attached hydrogen (secondary N) is 1. The van der Waals surface area contributed by atoms with Gasteiger partial charge in [0.25, 0.3) is 5.91 Å². The predicted octanol–water partition coefficient (Wildman–Crippen LogP) is 3.79. The Balaban J connectivity index is 1.76. The molecule has 140 valence electrons. The van der Waals surface area contributed by atoms with E-state index in [1.165, 1.54) is 12.1 Å². The van der Waals surface area contributed by atoms with E-state index in [2.05, 4.69) is 9.89 Å². The topological polar surface area (TPSA) is 58.4 Å². The summed E-state index contributed by atoms with van der Waals surface area (Å²) in [6.07, 6.45) is 3.65. The van der Waals surface area contributed by atoms with Crippen LogP contribution in [0.15, 0.2) is 48.5 Å². The number of hydrogen-bond acceptors (Lipinski definition) is 3. The number of Topliss-reactive ketones (excluding diaryl/α,β-unsaturated/α-hetero) is 1. The zero-order valence-corrected chi connectivity index (χ0v) is 15.8. The first-order valence-corrected chi connectivity index (χ1v) is 9.22. The Morgan fingerprint density at radius 2 is 1.81 bits per heavy atom. The van der Waals surface area contributed by atoms with Crippen molar-refractivity contribution >= 4 is 23.1 Å². The molecule has 0 bridgehead atoms. The van der Waals surface area contributed by atoms with Crippen LogP contribution in [-0.4, -0.2) is 42.7 Å². The van der Waals surface area contributed by atoms with E-state index in [4.69, 9.17) is 4.74 Å². The van der Waals surface area contributed by atoms with E-state index in [1.807, 2.05) is 19.2 Å². The molecule has 0 aliphatic carbocycles. The average molecular weight is 365 g/mol. The molecular weight excluding hydrogens is 340 g/mol. The number of benzene rings is 2. The number of carbonyl (C=O) groups is 2.